The van der Waals surface area contributed by atoms with E-state index < -0.39 is 24.0 Å². The first kappa shape index (κ1) is 12.0. The summed E-state index contributed by atoms with van der Waals surface area (Å²) < 4.78 is 0. The molecule has 0 aromatic heterocycles. The molecule has 2 aliphatic rings. The molecule has 0 aromatic carbocycles. The Morgan fingerprint density at radius 2 is 2.29 bits per heavy atom. The largest absolute Gasteiger partial charge is 0.480 e. The van der Waals surface area contributed by atoms with Crippen LogP contribution in [0.15, 0.2) is 12.7 Å². The summed E-state index contributed by atoms with van der Waals surface area (Å²) in [6, 6.07) is -1.38. The van der Waals surface area contributed by atoms with Gasteiger partial charge in [0, 0.05) is 0 Å². The Bertz CT molecular complexity index is 398. The summed E-state index contributed by atoms with van der Waals surface area (Å²) in [6.07, 6.45) is 1.54. The van der Waals surface area contributed by atoms with Gasteiger partial charge >= 0.3 is 5.97 Å². The van der Waals surface area contributed by atoms with Crippen molar-refractivity contribution in [3.63, 3.8) is 0 Å². The lowest BCUT2D eigenvalue weighted by atomic mass is 10.0. The molecule has 17 heavy (non-hydrogen) atoms. The maximum absolute atomic E-state index is 11.8. The van der Waals surface area contributed by atoms with E-state index in [9.17, 15) is 14.4 Å². The van der Waals surface area contributed by atoms with Crippen LogP contribution in [0.1, 0.15) is 6.42 Å². The summed E-state index contributed by atoms with van der Waals surface area (Å²) in [4.78, 5) is 35.2. The number of carbonyl (C=O) groups excluding carboxylic acids is 2. The fourth-order valence-electron chi connectivity index (χ4n) is 2.02. The number of carboxylic acids is 1. The van der Waals surface area contributed by atoms with Crippen LogP contribution in [0.4, 0.5) is 0 Å². The molecule has 2 N–H and O–H groups in total. The van der Waals surface area contributed by atoms with Crippen molar-refractivity contribution in [1.29, 1.82) is 0 Å². The van der Waals surface area contributed by atoms with E-state index >= 15 is 0 Å². The molecule has 2 aliphatic heterocycles. The molecule has 2 heterocycles. The van der Waals surface area contributed by atoms with Gasteiger partial charge in [-0.15, -0.1) is 11.8 Å². The fraction of sp³-hybridized carbons (Fsp3) is 0.500. The van der Waals surface area contributed by atoms with E-state index in [0.29, 0.717) is 12.2 Å². The van der Waals surface area contributed by atoms with Crippen LogP contribution in [-0.4, -0.2) is 51.0 Å². The monoisotopic (exact) mass is 256 g/mol. The SMILES string of the molecule is C=CC(=O)NC1C(=O)N2C(C(=O)O)CCS[C@@H]12. The first-order valence-electron chi connectivity index (χ1n) is 5.15. The number of hydrogen-bond acceptors (Lipinski definition) is 4. The van der Waals surface area contributed by atoms with Crippen LogP contribution in [0.5, 0.6) is 0 Å². The minimum atomic E-state index is -0.989. The number of hydrogen-bond donors (Lipinski definition) is 2. The standard InChI is InChI=1S/C10H12N2O4S/c1-2-6(13)11-7-8(14)12-5(10(15)16)3-4-17-9(7)12/h2,5,7,9H,1,3-4H2,(H,11,13)(H,15,16)/t5?,7?,9-/m0/s1. The number of nitrogens with one attached hydrogen (secondary N) is 1. The third kappa shape index (κ3) is 1.90. The average Bonchev–Trinajstić information content (AvgIpc) is 2.34. The number of aliphatic carboxylic acids is 1. The van der Waals surface area contributed by atoms with Crippen LogP contribution >= 0.6 is 11.8 Å². The highest BCUT2D eigenvalue weighted by molar-refractivity contribution is 8.00. The van der Waals surface area contributed by atoms with Gasteiger partial charge in [-0.05, 0) is 18.2 Å². The minimum absolute atomic E-state index is 0.263. The van der Waals surface area contributed by atoms with E-state index in [4.69, 9.17) is 5.11 Å². The average molecular weight is 256 g/mol. The molecule has 2 unspecified atom stereocenters. The fourth-order valence-corrected chi connectivity index (χ4v) is 3.41. The Hall–Kier alpha value is -1.50. The van der Waals surface area contributed by atoms with Crippen molar-refractivity contribution in [2.24, 2.45) is 0 Å². The minimum Gasteiger partial charge on any atom is -0.480 e. The summed E-state index contributed by atoms with van der Waals surface area (Å²) in [6.45, 7) is 3.31. The normalized spacial score (nSPS) is 31.2. The van der Waals surface area contributed by atoms with Crippen LogP contribution in [0.2, 0.25) is 0 Å². The van der Waals surface area contributed by atoms with Crippen molar-refractivity contribution in [3.8, 4) is 0 Å². The lowest BCUT2D eigenvalue weighted by Gasteiger charge is -2.51. The van der Waals surface area contributed by atoms with Gasteiger partial charge < -0.3 is 15.3 Å². The van der Waals surface area contributed by atoms with Gasteiger partial charge in [0.1, 0.15) is 17.5 Å². The van der Waals surface area contributed by atoms with E-state index in [2.05, 4.69) is 11.9 Å². The van der Waals surface area contributed by atoms with Crippen LogP contribution in [0.3, 0.4) is 0 Å². The molecule has 92 valence electrons. The van der Waals surface area contributed by atoms with Crippen molar-refractivity contribution in [3.05, 3.63) is 12.7 Å². The molecule has 0 saturated carbocycles. The predicted molar refractivity (Wildman–Crippen MR) is 61.3 cm³/mol. The number of carbonyl (C=O) groups is 3. The number of β-lactam (4-membered cyclic amide) rings is 1. The summed E-state index contributed by atoms with van der Waals surface area (Å²) in [5.41, 5.74) is 0. The van der Waals surface area contributed by atoms with Crippen molar-refractivity contribution in [1.82, 2.24) is 10.2 Å². The van der Waals surface area contributed by atoms with E-state index in [1.807, 2.05) is 0 Å². The molecule has 2 fully saturated rings. The highest BCUT2D eigenvalue weighted by Crippen LogP contribution is 2.37. The van der Waals surface area contributed by atoms with Gasteiger partial charge in [-0.2, -0.15) is 0 Å². The zero-order valence-corrected chi connectivity index (χ0v) is 9.77. The first-order chi connectivity index (χ1) is 8.06. The molecular weight excluding hydrogens is 244 g/mol. The molecule has 2 rings (SSSR count). The van der Waals surface area contributed by atoms with Gasteiger partial charge in [-0.3, -0.25) is 9.59 Å². The molecule has 0 bridgehead atoms. The van der Waals surface area contributed by atoms with Gasteiger partial charge in [-0.25, -0.2) is 4.79 Å². The Kier molecular flexibility index (Phi) is 3.10. The topological polar surface area (TPSA) is 86.7 Å². The second-order valence-electron chi connectivity index (χ2n) is 3.84. The number of amides is 2. The third-order valence-corrected chi connectivity index (χ3v) is 4.18. The lowest BCUT2D eigenvalue weighted by Crippen LogP contribution is -2.74. The zero-order valence-electron chi connectivity index (χ0n) is 8.96. The second-order valence-corrected chi connectivity index (χ2v) is 5.06. The van der Waals surface area contributed by atoms with Gasteiger partial charge in [0.05, 0.1) is 0 Å². The van der Waals surface area contributed by atoms with E-state index in [-0.39, 0.29) is 11.3 Å². The molecule has 7 heteroatoms. The Labute approximate surface area is 102 Å². The maximum Gasteiger partial charge on any atom is 0.326 e. The van der Waals surface area contributed by atoms with Crippen LogP contribution in [0, 0.1) is 0 Å². The van der Waals surface area contributed by atoms with E-state index in [0.717, 1.165) is 6.08 Å². The van der Waals surface area contributed by atoms with Crippen molar-refractivity contribution >= 4 is 29.5 Å². The number of rotatable bonds is 3. The summed E-state index contributed by atoms with van der Waals surface area (Å²) in [5.74, 6) is -1.06. The molecule has 3 atom stereocenters. The highest BCUT2D eigenvalue weighted by Gasteiger charge is 2.54. The van der Waals surface area contributed by atoms with E-state index in [1.54, 1.807) is 0 Å². The first-order valence-corrected chi connectivity index (χ1v) is 6.20. The predicted octanol–water partition coefficient (Wildman–Crippen LogP) is -0.584. The third-order valence-electron chi connectivity index (χ3n) is 2.86. The number of fused-ring (bicyclic) bond motifs is 1. The molecule has 2 amide bonds. The number of nitrogens with zero attached hydrogens (tertiary/aromatic N) is 1. The molecule has 2 saturated heterocycles. The van der Waals surface area contributed by atoms with Gasteiger partial charge in [-0.1, -0.05) is 6.58 Å². The number of carboxylic acid groups (broad SMARTS) is 1. The molecule has 0 spiro atoms. The smallest absolute Gasteiger partial charge is 0.326 e. The lowest BCUT2D eigenvalue weighted by molar-refractivity contribution is -0.162. The highest BCUT2D eigenvalue weighted by atomic mass is 32.2. The van der Waals surface area contributed by atoms with Gasteiger partial charge in [0.15, 0.2) is 0 Å². The zero-order chi connectivity index (χ0) is 12.6. The molecule has 0 aromatic rings. The van der Waals surface area contributed by atoms with Crippen molar-refractivity contribution in [2.45, 2.75) is 23.9 Å². The quantitative estimate of drug-likeness (QED) is 0.521. The van der Waals surface area contributed by atoms with Crippen LogP contribution < -0.4 is 5.32 Å². The summed E-state index contributed by atoms with van der Waals surface area (Å²) in [5, 5.41) is 11.2. The van der Waals surface area contributed by atoms with E-state index in [1.165, 1.54) is 16.7 Å². The molecule has 0 radical (unpaired) electrons. The Morgan fingerprint density at radius 3 is 2.88 bits per heavy atom. The summed E-state index contributed by atoms with van der Waals surface area (Å²) >= 11 is 1.49. The molecule has 0 aliphatic carbocycles. The molecule has 6 nitrogen and oxygen atoms in total. The van der Waals surface area contributed by atoms with Crippen LogP contribution in [0.25, 0.3) is 0 Å². The summed E-state index contributed by atoms with van der Waals surface area (Å²) in [7, 11) is 0. The van der Waals surface area contributed by atoms with Gasteiger partial charge in [0.2, 0.25) is 11.8 Å². The maximum atomic E-state index is 11.8. The van der Waals surface area contributed by atoms with Crippen molar-refractivity contribution in [2.75, 3.05) is 5.75 Å². The van der Waals surface area contributed by atoms with Gasteiger partial charge in [0.25, 0.3) is 0 Å². The Balaban J connectivity index is 2.07. The second kappa shape index (κ2) is 4.40. The van der Waals surface area contributed by atoms with Crippen molar-refractivity contribution < 1.29 is 19.5 Å². The number of thioether (sulfide) groups is 1. The van der Waals surface area contributed by atoms with Crippen LogP contribution in [-0.2, 0) is 14.4 Å². The Morgan fingerprint density at radius 1 is 1.59 bits per heavy atom. The molecular formula is C10H12N2O4S.